The maximum Gasteiger partial charge on any atom is 0.131 e. The maximum absolute atomic E-state index is 5.99. The molecule has 2 aromatic rings. The predicted octanol–water partition coefficient (Wildman–Crippen LogP) is 5.26. The molecule has 0 heterocycles. The van der Waals surface area contributed by atoms with Crippen molar-refractivity contribution in [3.63, 3.8) is 0 Å². The highest BCUT2D eigenvalue weighted by Gasteiger charge is 2.20. The first kappa shape index (κ1) is 14.1. The van der Waals surface area contributed by atoms with Gasteiger partial charge in [0.2, 0.25) is 0 Å². The SMILES string of the molecule is Brc1ccc(Oc2ccc(Br)cc2CNC2CC2)cc1. The summed E-state index contributed by atoms with van der Waals surface area (Å²) in [5, 5.41) is 3.53. The average Bonchev–Trinajstić information content (AvgIpc) is 3.25. The van der Waals surface area contributed by atoms with Crippen molar-refractivity contribution in [2.45, 2.75) is 25.4 Å². The molecular formula is C16H15Br2NO. The summed E-state index contributed by atoms with van der Waals surface area (Å²) in [6.07, 6.45) is 2.58. The van der Waals surface area contributed by atoms with Gasteiger partial charge in [-0.25, -0.2) is 0 Å². The molecule has 4 heteroatoms. The fraction of sp³-hybridized carbons (Fsp3) is 0.250. The topological polar surface area (TPSA) is 21.3 Å². The smallest absolute Gasteiger partial charge is 0.131 e. The lowest BCUT2D eigenvalue weighted by Gasteiger charge is -2.12. The van der Waals surface area contributed by atoms with Gasteiger partial charge in [-0.2, -0.15) is 0 Å². The van der Waals surface area contributed by atoms with E-state index in [4.69, 9.17) is 4.74 Å². The van der Waals surface area contributed by atoms with Gasteiger partial charge < -0.3 is 10.1 Å². The monoisotopic (exact) mass is 395 g/mol. The fourth-order valence-electron chi connectivity index (χ4n) is 1.96. The molecule has 1 N–H and O–H groups in total. The van der Waals surface area contributed by atoms with Crippen LogP contribution < -0.4 is 10.1 Å². The summed E-state index contributed by atoms with van der Waals surface area (Å²) in [4.78, 5) is 0. The van der Waals surface area contributed by atoms with Crippen molar-refractivity contribution in [3.8, 4) is 11.5 Å². The van der Waals surface area contributed by atoms with Crippen LogP contribution in [-0.4, -0.2) is 6.04 Å². The van der Waals surface area contributed by atoms with E-state index in [0.29, 0.717) is 6.04 Å². The largest absolute Gasteiger partial charge is 0.457 e. The zero-order chi connectivity index (χ0) is 13.9. The van der Waals surface area contributed by atoms with E-state index in [0.717, 1.165) is 27.0 Å². The summed E-state index contributed by atoms with van der Waals surface area (Å²) in [7, 11) is 0. The molecule has 1 aliphatic carbocycles. The fourth-order valence-corrected chi connectivity index (χ4v) is 2.63. The molecule has 0 spiro atoms. The summed E-state index contributed by atoms with van der Waals surface area (Å²) in [6, 6.07) is 14.7. The summed E-state index contributed by atoms with van der Waals surface area (Å²) < 4.78 is 8.12. The Labute approximate surface area is 135 Å². The molecule has 0 aliphatic heterocycles. The van der Waals surface area contributed by atoms with Crippen molar-refractivity contribution < 1.29 is 4.74 Å². The molecule has 104 valence electrons. The zero-order valence-electron chi connectivity index (χ0n) is 10.9. The van der Waals surface area contributed by atoms with Crippen LogP contribution >= 0.6 is 31.9 Å². The van der Waals surface area contributed by atoms with Gasteiger partial charge in [-0.1, -0.05) is 31.9 Å². The average molecular weight is 397 g/mol. The highest BCUT2D eigenvalue weighted by atomic mass is 79.9. The molecule has 2 aromatic carbocycles. The third-order valence-corrected chi connectivity index (χ3v) is 4.24. The van der Waals surface area contributed by atoms with Crippen LogP contribution in [0.15, 0.2) is 51.4 Å². The van der Waals surface area contributed by atoms with Gasteiger partial charge in [-0.3, -0.25) is 0 Å². The minimum absolute atomic E-state index is 0.689. The Morgan fingerprint density at radius 3 is 2.40 bits per heavy atom. The molecule has 0 unspecified atom stereocenters. The van der Waals surface area contributed by atoms with Crippen molar-refractivity contribution in [2.24, 2.45) is 0 Å². The molecule has 1 aliphatic rings. The van der Waals surface area contributed by atoms with Gasteiger partial charge >= 0.3 is 0 Å². The Hall–Kier alpha value is -0.840. The molecule has 1 saturated carbocycles. The Balaban J connectivity index is 1.77. The maximum atomic E-state index is 5.99. The van der Waals surface area contributed by atoms with E-state index in [-0.39, 0.29) is 0 Å². The second-order valence-electron chi connectivity index (χ2n) is 4.96. The van der Waals surface area contributed by atoms with Crippen LogP contribution in [0.25, 0.3) is 0 Å². The van der Waals surface area contributed by atoms with Gasteiger partial charge in [0.05, 0.1) is 0 Å². The second-order valence-corrected chi connectivity index (χ2v) is 6.79. The van der Waals surface area contributed by atoms with Crippen molar-refractivity contribution in [3.05, 3.63) is 57.0 Å². The summed E-state index contributed by atoms with van der Waals surface area (Å²) >= 11 is 6.96. The van der Waals surface area contributed by atoms with E-state index < -0.39 is 0 Å². The number of halogens is 2. The van der Waals surface area contributed by atoms with Gasteiger partial charge in [0.1, 0.15) is 11.5 Å². The summed E-state index contributed by atoms with van der Waals surface area (Å²) in [6.45, 7) is 0.843. The van der Waals surface area contributed by atoms with E-state index in [1.165, 1.54) is 18.4 Å². The van der Waals surface area contributed by atoms with Crippen LogP contribution in [0.4, 0.5) is 0 Å². The van der Waals surface area contributed by atoms with E-state index >= 15 is 0 Å². The standard InChI is InChI=1S/C16H15Br2NO/c17-12-1-6-15(7-2-12)20-16-8-3-13(18)9-11(16)10-19-14-4-5-14/h1-3,6-9,14,19H,4-5,10H2. The molecule has 0 atom stereocenters. The normalized spacial score (nSPS) is 14.3. The first-order valence-corrected chi connectivity index (χ1v) is 8.24. The minimum Gasteiger partial charge on any atom is -0.457 e. The Morgan fingerprint density at radius 1 is 1.00 bits per heavy atom. The lowest BCUT2D eigenvalue weighted by atomic mass is 10.2. The highest BCUT2D eigenvalue weighted by molar-refractivity contribution is 9.10. The quantitative estimate of drug-likeness (QED) is 0.744. The third-order valence-electron chi connectivity index (χ3n) is 3.22. The number of nitrogens with one attached hydrogen (secondary N) is 1. The lowest BCUT2D eigenvalue weighted by Crippen LogP contribution is -2.15. The number of hydrogen-bond donors (Lipinski definition) is 1. The predicted molar refractivity (Wildman–Crippen MR) is 88.2 cm³/mol. The van der Waals surface area contributed by atoms with Crippen LogP contribution in [0.5, 0.6) is 11.5 Å². The van der Waals surface area contributed by atoms with Gasteiger partial charge in [0, 0.05) is 27.1 Å². The molecule has 0 radical (unpaired) electrons. The van der Waals surface area contributed by atoms with E-state index in [1.54, 1.807) is 0 Å². The lowest BCUT2D eigenvalue weighted by molar-refractivity contribution is 0.472. The Kier molecular flexibility index (Phi) is 4.44. The van der Waals surface area contributed by atoms with Crippen molar-refractivity contribution in [1.29, 1.82) is 0 Å². The van der Waals surface area contributed by atoms with Crippen LogP contribution in [0.1, 0.15) is 18.4 Å². The zero-order valence-corrected chi connectivity index (χ0v) is 14.1. The molecule has 0 saturated heterocycles. The third kappa shape index (κ3) is 3.84. The molecule has 20 heavy (non-hydrogen) atoms. The van der Waals surface area contributed by atoms with Gasteiger partial charge in [0.25, 0.3) is 0 Å². The molecule has 1 fully saturated rings. The van der Waals surface area contributed by atoms with Crippen LogP contribution in [0.3, 0.4) is 0 Å². The second kappa shape index (κ2) is 6.29. The van der Waals surface area contributed by atoms with E-state index in [9.17, 15) is 0 Å². The molecule has 0 aromatic heterocycles. The van der Waals surface area contributed by atoms with Crippen LogP contribution in [0.2, 0.25) is 0 Å². The molecule has 2 nitrogen and oxygen atoms in total. The van der Waals surface area contributed by atoms with Gasteiger partial charge in [0.15, 0.2) is 0 Å². The van der Waals surface area contributed by atoms with Crippen molar-refractivity contribution in [1.82, 2.24) is 5.32 Å². The van der Waals surface area contributed by atoms with Gasteiger partial charge in [-0.05, 0) is 55.3 Å². The Bertz CT molecular complexity index is 594. The molecule has 3 rings (SSSR count). The van der Waals surface area contributed by atoms with Crippen molar-refractivity contribution >= 4 is 31.9 Å². The van der Waals surface area contributed by atoms with Crippen LogP contribution in [-0.2, 0) is 6.54 Å². The first-order valence-electron chi connectivity index (χ1n) is 6.66. The molecule has 0 amide bonds. The highest BCUT2D eigenvalue weighted by Crippen LogP contribution is 2.29. The van der Waals surface area contributed by atoms with Gasteiger partial charge in [-0.15, -0.1) is 0 Å². The Morgan fingerprint density at radius 2 is 1.70 bits per heavy atom. The summed E-state index contributed by atoms with van der Waals surface area (Å²) in [5.41, 5.74) is 1.18. The number of benzene rings is 2. The minimum atomic E-state index is 0.689. The number of ether oxygens (including phenoxy) is 1. The first-order chi connectivity index (χ1) is 9.70. The summed E-state index contributed by atoms with van der Waals surface area (Å²) in [5.74, 6) is 1.76. The van der Waals surface area contributed by atoms with Crippen molar-refractivity contribution in [2.75, 3.05) is 0 Å². The molecular weight excluding hydrogens is 382 g/mol. The van der Waals surface area contributed by atoms with E-state index in [2.05, 4.69) is 43.2 Å². The van der Waals surface area contributed by atoms with Crippen LogP contribution in [0, 0.1) is 0 Å². The number of rotatable bonds is 5. The van der Waals surface area contributed by atoms with E-state index in [1.807, 2.05) is 36.4 Å². The number of hydrogen-bond acceptors (Lipinski definition) is 2. The molecule has 0 bridgehead atoms.